The molecule has 0 fully saturated rings. The van der Waals surface area contributed by atoms with Crippen LogP contribution in [0.15, 0.2) is 29.3 Å². The number of carboxylic acids is 1. The van der Waals surface area contributed by atoms with Gasteiger partial charge >= 0.3 is 5.97 Å². The Kier molecular flexibility index (Phi) is 12.9. The van der Waals surface area contributed by atoms with Crippen molar-refractivity contribution in [3.63, 3.8) is 0 Å². The molecule has 1 aromatic carbocycles. The maximum absolute atomic E-state index is 12.7. The highest BCUT2D eigenvalue weighted by Crippen LogP contribution is 2.11. The molecule has 0 radical (unpaired) electrons. The molecular weight excluding hydrogens is 488 g/mol. The Labute approximate surface area is 213 Å². The first-order chi connectivity index (χ1) is 17.4. The number of benzene rings is 1. The smallest absolute Gasteiger partial charge is 0.326 e. The number of primary amides is 1. The minimum atomic E-state index is -1.29. The first-order valence-corrected chi connectivity index (χ1v) is 11.4. The van der Waals surface area contributed by atoms with Gasteiger partial charge in [-0.15, -0.1) is 0 Å². The molecular formula is C22H34N8O7. The summed E-state index contributed by atoms with van der Waals surface area (Å²) in [5.74, 6) is -4.25. The van der Waals surface area contributed by atoms with E-state index in [0.717, 1.165) is 0 Å². The van der Waals surface area contributed by atoms with Crippen molar-refractivity contribution < 1.29 is 34.2 Å². The lowest BCUT2D eigenvalue weighted by Gasteiger charge is -2.21. The summed E-state index contributed by atoms with van der Waals surface area (Å²) in [6.07, 6.45) is 0.195. The van der Waals surface area contributed by atoms with Gasteiger partial charge in [0.15, 0.2) is 5.96 Å². The predicted molar refractivity (Wildman–Crippen MR) is 133 cm³/mol. The Morgan fingerprint density at radius 2 is 1.57 bits per heavy atom. The first-order valence-electron chi connectivity index (χ1n) is 11.4. The summed E-state index contributed by atoms with van der Waals surface area (Å²) in [4.78, 5) is 63.7. The number of aromatic hydroxyl groups is 1. The number of aliphatic imine (C=N–C) groups is 1. The lowest BCUT2D eigenvalue weighted by Crippen LogP contribution is -2.53. The quantitative estimate of drug-likeness (QED) is 0.0593. The molecule has 0 aliphatic carbocycles. The Morgan fingerprint density at radius 3 is 2.14 bits per heavy atom. The summed E-state index contributed by atoms with van der Waals surface area (Å²) in [5.41, 5.74) is 21.9. The maximum Gasteiger partial charge on any atom is 0.326 e. The maximum atomic E-state index is 12.7. The van der Waals surface area contributed by atoms with Gasteiger partial charge in [0.25, 0.3) is 0 Å². The standard InChI is InChI=1S/C22H34N8O7/c23-14(7-8-17(24)32)19(34)30-15(2-1-9-27-22(25)26)20(35)28-11-18(33)29-16(21(36)37)10-12-3-5-13(31)6-4-12/h3-6,14-16,31H,1-2,7-11,23H2,(H2,24,32)(H,28,35)(H,29,33)(H,30,34)(H,36,37)(H4,25,26,27). The molecule has 0 aliphatic rings. The second kappa shape index (κ2) is 15.6. The van der Waals surface area contributed by atoms with Gasteiger partial charge in [-0.05, 0) is 37.0 Å². The van der Waals surface area contributed by atoms with Crippen LogP contribution in [0.2, 0.25) is 0 Å². The van der Waals surface area contributed by atoms with Crippen molar-refractivity contribution in [1.82, 2.24) is 16.0 Å². The Balaban J connectivity index is 2.73. The molecule has 15 nitrogen and oxygen atoms in total. The number of rotatable bonds is 16. The van der Waals surface area contributed by atoms with E-state index in [1.54, 1.807) is 0 Å². The second-order valence-electron chi connectivity index (χ2n) is 8.17. The van der Waals surface area contributed by atoms with Crippen LogP contribution >= 0.6 is 0 Å². The summed E-state index contributed by atoms with van der Waals surface area (Å²) >= 11 is 0. The van der Waals surface area contributed by atoms with E-state index >= 15 is 0 Å². The van der Waals surface area contributed by atoms with Gasteiger partial charge in [-0.1, -0.05) is 12.1 Å². The second-order valence-corrected chi connectivity index (χ2v) is 8.17. The van der Waals surface area contributed by atoms with Gasteiger partial charge in [-0.2, -0.15) is 0 Å². The SMILES string of the molecule is NC(=O)CCC(N)C(=O)NC(CCCN=C(N)N)C(=O)NCC(=O)NC(Cc1ccc(O)cc1)C(=O)O. The third kappa shape index (κ3) is 12.7. The summed E-state index contributed by atoms with van der Waals surface area (Å²) in [5, 5.41) is 25.9. The van der Waals surface area contributed by atoms with E-state index in [2.05, 4.69) is 20.9 Å². The fourth-order valence-electron chi connectivity index (χ4n) is 3.08. The highest BCUT2D eigenvalue weighted by atomic mass is 16.4. The van der Waals surface area contributed by atoms with Crippen molar-refractivity contribution in [2.45, 2.75) is 50.2 Å². The molecule has 204 valence electrons. The first kappa shape index (κ1) is 30.6. The molecule has 0 heterocycles. The molecule has 15 heteroatoms. The Hall–Kier alpha value is -4.40. The number of hydrogen-bond donors (Lipinski definition) is 9. The van der Waals surface area contributed by atoms with Crippen molar-refractivity contribution in [2.75, 3.05) is 13.1 Å². The van der Waals surface area contributed by atoms with Crippen LogP contribution in [-0.2, 0) is 30.4 Å². The number of hydrogen-bond acceptors (Lipinski definition) is 8. The molecule has 0 aromatic heterocycles. The van der Waals surface area contributed by atoms with E-state index < -0.39 is 54.3 Å². The summed E-state index contributed by atoms with van der Waals surface area (Å²) in [7, 11) is 0. The van der Waals surface area contributed by atoms with Crippen LogP contribution in [0.1, 0.15) is 31.2 Å². The minimum Gasteiger partial charge on any atom is -0.508 e. The molecule has 0 bridgehead atoms. The lowest BCUT2D eigenvalue weighted by atomic mass is 10.1. The van der Waals surface area contributed by atoms with Crippen LogP contribution in [0.25, 0.3) is 0 Å². The Bertz CT molecular complexity index is 980. The molecule has 1 aromatic rings. The van der Waals surface area contributed by atoms with Gasteiger partial charge in [-0.25, -0.2) is 4.79 Å². The molecule has 0 saturated heterocycles. The van der Waals surface area contributed by atoms with Gasteiger partial charge in [0.05, 0.1) is 12.6 Å². The number of carbonyl (C=O) groups excluding carboxylic acids is 4. The van der Waals surface area contributed by atoms with E-state index in [1.807, 2.05) is 0 Å². The molecule has 3 unspecified atom stereocenters. The molecule has 4 amide bonds. The van der Waals surface area contributed by atoms with Crippen LogP contribution in [0.3, 0.4) is 0 Å². The van der Waals surface area contributed by atoms with Crippen molar-refractivity contribution in [3.8, 4) is 5.75 Å². The lowest BCUT2D eigenvalue weighted by molar-refractivity contribution is -0.141. The highest BCUT2D eigenvalue weighted by molar-refractivity contribution is 5.92. The number of aliphatic carboxylic acids is 1. The van der Waals surface area contributed by atoms with Crippen LogP contribution in [0, 0.1) is 0 Å². The zero-order valence-corrected chi connectivity index (χ0v) is 20.2. The number of nitrogens with one attached hydrogen (secondary N) is 3. The molecule has 0 saturated carbocycles. The zero-order chi connectivity index (χ0) is 28.0. The topological polar surface area (TPSA) is 278 Å². The number of carbonyl (C=O) groups is 5. The molecule has 1 rings (SSSR count). The van der Waals surface area contributed by atoms with E-state index in [4.69, 9.17) is 22.9 Å². The van der Waals surface area contributed by atoms with Crippen molar-refractivity contribution in [1.29, 1.82) is 0 Å². The third-order valence-corrected chi connectivity index (χ3v) is 5.05. The number of phenols is 1. The molecule has 0 spiro atoms. The van der Waals surface area contributed by atoms with Gasteiger partial charge in [0.1, 0.15) is 17.8 Å². The molecule has 3 atom stereocenters. The number of phenolic OH excluding ortho intramolecular Hbond substituents is 1. The number of nitrogens with zero attached hydrogens (tertiary/aromatic N) is 1. The van der Waals surface area contributed by atoms with Gasteiger partial charge < -0.3 is 49.1 Å². The van der Waals surface area contributed by atoms with E-state index in [1.165, 1.54) is 24.3 Å². The summed E-state index contributed by atoms with van der Waals surface area (Å²) < 4.78 is 0. The van der Waals surface area contributed by atoms with E-state index in [-0.39, 0.29) is 43.9 Å². The fraction of sp³-hybridized carbons (Fsp3) is 0.455. The minimum absolute atomic E-state index is 0.0103. The van der Waals surface area contributed by atoms with Crippen LogP contribution in [0.5, 0.6) is 5.75 Å². The average Bonchev–Trinajstić information content (AvgIpc) is 2.83. The fourth-order valence-corrected chi connectivity index (χ4v) is 3.08. The van der Waals surface area contributed by atoms with Gasteiger partial charge in [0.2, 0.25) is 23.6 Å². The van der Waals surface area contributed by atoms with Gasteiger partial charge in [-0.3, -0.25) is 24.2 Å². The van der Waals surface area contributed by atoms with Crippen molar-refractivity contribution >= 4 is 35.6 Å². The number of amides is 4. The van der Waals surface area contributed by atoms with Crippen LogP contribution in [-0.4, -0.2) is 77.0 Å². The monoisotopic (exact) mass is 522 g/mol. The van der Waals surface area contributed by atoms with Crippen LogP contribution in [0.4, 0.5) is 0 Å². The molecule has 0 aliphatic heterocycles. The number of nitrogens with two attached hydrogens (primary N) is 4. The average molecular weight is 523 g/mol. The highest BCUT2D eigenvalue weighted by Gasteiger charge is 2.25. The Morgan fingerprint density at radius 1 is 0.919 bits per heavy atom. The summed E-state index contributed by atoms with van der Waals surface area (Å²) in [6.45, 7) is -0.389. The van der Waals surface area contributed by atoms with E-state index in [0.29, 0.717) is 12.0 Å². The van der Waals surface area contributed by atoms with Crippen molar-refractivity contribution in [3.05, 3.63) is 29.8 Å². The van der Waals surface area contributed by atoms with Gasteiger partial charge in [0, 0.05) is 19.4 Å². The summed E-state index contributed by atoms with van der Waals surface area (Å²) in [6, 6.07) is 2.31. The third-order valence-electron chi connectivity index (χ3n) is 5.05. The van der Waals surface area contributed by atoms with E-state index in [9.17, 15) is 34.2 Å². The molecule has 13 N–H and O–H groups in total. The largest absolute Gasteiger partial charge is 0.508 e. The zero-order valence-electron chi connectivity index (χ0n) is 20.2. The van der Waals surface area contributed by atoms with Crippen molar-refractivity contribution in [2.24, 2.45) is 27.9 Å². The predicted octanol–water partition coefficient (Wildman–Crippen LogP) is -3.25. The van der Waals surface area contributed by atoms with Crippen LogP contribution < -0.4 is 38.9 Å². The normalized spacial score (nSPS) is 12.9. The number of carboxylic acid groups (broad SMARTS) is 1. The number of guanidine groups is 1. The molecule has 37 heavy (non-hydrogen) atoms.